The van der Waals surface area contributed by atoms with Gasteiger partial charge in [0.15, 0.2) is 5.78 Å². The molecule has 1 atom stereocenters. The molecule has 0 amide bonds. The molecule has 1 aliphatic heterocycles. The Balaban J connectivity index is 2.17. The summed E-state index contributed by atoms with van der Waals surface area (Å²) in [5.41, 5.74) is 1.98. The topological polar surface area (TPSA) is 32.3 Å². The van der Waals surface area contributed by atoms with Gasteiger partial charge in [0.1, 0.15) is 0 Å². The number of benzene rings is 1. The van der Waals surface area contributed by atoms with E-state index in [4.69, 9.17) is 0 Å². The van der Waals surface area contributed by atoms with Crippen LogP contribution in [-0.4, -0.2) is 32.0 Å². The highest BCUT2D eigenvalue weighted by molar-refractivity contribution is 5.94. The Hall–Kier alpha value is -1.35. The van der Waals surface area contributed by atoms with Gasteiger partial charge < -0.3 is 10.2 Å². The first kappa shape index (κ1) is 13.1. The van der Waals surface area contributed by atoms with Gasteiger partial charge in [-0.3, -0.25) is 4.79 Å². The molecule has 1 aliphatic rings. The van der Waals surface area contributed by atoms with Gasteiger partial charge in [-0.25, -0.2) is 0 Å². The summed E-state index contributed by atoms with van der Waals surface area (Å²) in [6.07, 6.45) is 1.15. The van der Waals surface area contributed by atoms with E-state index in [1.165, 1.54) is 5.69 Å². The molecule has 3 heteroatoms. The number of anilines is 1. The van der Waals surface area contributed by atoms with Crippen LogP contribution in [0.5, 0.6) is 0 Å². The number of Topliss-reactive ketones (excluding diaryl/α,β-unsaturated/α-hetero) is 1. The molecule has 3 nitrogen and oxygen atoms in total. The molecule has 1 saturated heterocycles. The average Bonchev–Trinajstić information content (AvgIpc) is 2.33. The summed E-state index contributed by atoms with van der Waals surface area (Å²) >= 11 is 0. The zero-order valence-electron chi connectivity index (χ0n) is 11.3. The highest BCUT2D eigenvalue weighted by atomic mass is 16.1. The van der Waals surface area contributed by atoms with Gasteiger partial charge in [0, 0.05) is 24.3 Å². The second-order valence-electron chi connectivity index (χ2n) is 5.22. The molecule has 0 aromatic heterocycles. The van der Waals surface area contributed by atoms with Crippen molar-refractivity contribution in [2.45, 2.75) is 20.3 Å². The maximum absolute atomic E-state index is 11.4. The van der Waals surface area contributed by atoms with Crippen LogP contribution in [0.25, 0.3) is 0 Å². The van der Waals surface area contributed by atoms with Gasteiger partial charge in [-0.1, -0.05) is 19.1 Å². The van der Waals surface area contributed by atoms with Gasteiger partial charge in [0.2, 0.25) is 0 Å². The minimum Gasteiger partial charge on any atom is -0.371 e. The number of carbonyl (C=O) groups excluding carboxylic acids is 1. The number of rotatable bonds is 2. The predicted octanol–water partition coefficient (Wildman–Crippen LogP) is 2.33. The van der Waals surface area contributed by atoms with Crippen LogP contribution in [0.4, 0.5) is 5.69 Å². The molecule has 1 aromatic carbocycles. The number of carbonyl (C=O) groups is 1. The summed E-state index contributed by atoms with van der Waals surface area (Å²) in [4.78, 5) is 13.8. The molecule has 1 fully saturated rings. The van der Waals surface area contributed by atoms with Gasteiger partial charge in [-0.2, -0.15) is 0 Å². The van der Waals surface area contributed by atoms with Crippen LogP contribution < -0.4 is 10.2 Å². The first-order chi connectivity index (χ1) is 8.66. The third kappa shape index (κ3) is 3.33. The first-order valence-corrected chi connectivity index (χ1v) is 6.73. The van der Waals surface area contributed by atoms with Crippen molar-refractivity contribution < 1.29 is 4.79 Å². The molecular weight excluding hydrogens is 224 g/mol. The lowest BCUT2D eigenvalue weighted by molar-refractivity contribution is 0.101. The summed E-state index contributed by atoms with van der Waals surface area (Å²) in [6.45, 7) is 8.14. The summed E-state index contributed by atoms with van der Waals surface area (Å²) < 4.78 is 0. The fourth-order valence-electron chi connectivity index (χ4n) is 2.43. The van der Waals surface area contributed by atoms with Gasteiger partial charge in [0.05, 0.1) is 0 Å². The van der Waals surface area contributed by atoms with Crippen LogP contribution in [0.2, 0.25) is 0 Å². The third-order valence-electron chi connectivity index (χ3n) is 3.42. The highest BCUT2D eigenvalue weighted by Gasteiger charge is 2.14. The largest absolute Gasteiger partial charge is 0.371 e. The number of hydrogen-bond donors (Lipinski definition) is 1. The van der Waals surface area contributed by atoms with Gasteiger partial charge in [-0.05, 0) is 44.5 Å². The normalized spacial score (nSPS) is 21.2. The Labute approximate surface area is 109 Å². The number of ketones is 1. The van der Waals surface area contributed by atoms with Crippen molar-refractivity contribution in [1.29, 1.82) is 0 Å². The smallest absolute Gasteiger partial charge is 0.159 e. The Morgan fingerprint density at radius 3 is 3.06 bits per heavy atom. The molecule has 18 heavy (non-hydrogen) atoms. The van der Waals surface area contributed by atoms with Crippen molar-refractivity contribution in [3.63, 3.8) is 0 Å². The third-order valence-corrected chi connectivity index (χ3v) is 3.42. The van der Waals surface area contributed by atoms with Crippen molar-refractivity contribution in [2.24, 2.45) is 5.92 Å². The number of hydrogen-bond acceptors (Lipinski definition) is 3. The summed E-state index contributed by atoms with van der Waals surface area (Å²) in [6, 6.07) is 7.99. The highest BCUT2D eigenvalue weighted by Crippen LogP contribution is 2.19. The van der Waals surface area contributed by atoms with E-state index in [2.05, 4.69) is 23.2 Å². The quantitative estimate of drug-likeness (QED) is 0.813. The molecule has 0 bridgehead atoms. The van der Waals surface area contributed by atoms with Gasteiger partial charge in [-0.15, -0.1) is 0 Å². The SMILES string of the molecule is CC(=O)c1cccc(N2CCCNCC(C)C2)c1. The molecule has 0 radical (unpaired) electrons. The summed E-state index contributed by atoms with van der Waals surface area (Å²) in [7, 11) is 0. The predicted molar refractivity (Wildman–Crippen MR) is 75.3 cm³/mol. The zero-order valence-corrected chi connectivity index (χ0v) is 11.3. The standard InChI is InChI=1S/C15H22N2O/c1-12-10-16-7-4-8-17(11-12)15-6-3-5-14(9-15)13(2)18/h3,5-6,9,12,16H,4,7-8,10-11H2,1-2H3. The van der Waals surface area contributed by atoms with E-state index in [-0.39, 0.29) is 5.78 Å². The van der Waals surface area contributed by atoms with E-state index in [1.807, 2.05) is 18.2 Å². The van der Waals surface area contributed by atoms with E-state index in [0.717, 1.165) is 38.2 Å². The summed E-state index contributed by atoms with van der Waals surface area (Å²) in [5.74, 6) is 0.768. The van der Waals surface area contributed by atoms with Crippen LogP contribution >= 0.6 is 0 Å². The first-order valence-electron chi connectivity index (χ1n) is 6.73. The molecule has 0 saturated carbocycles. The second kappa shape index (κ2) is 6.01. The van der Waals surface area contributed by atoms with Crippen LogP contribution in [0.3, 0.4) is 0 Å². The van der Waals surface area contributed by atoms with Crippen molar-refractivity contribution in [1.82, 2.24) is 5.32 Å². The molecule has 0 spiro atoms. The Kier molecular flexibility index (Phi) is 4.37. The Bertz CT molecular complexity index is 417. The van der Waals surface area contributed by atoms with Crippen molar-refractivity contribution in [3.05, 3.63) is 29.8 Å². The van der Waals surface area contributed by atoms with Gasteiger partial charge >= 0.3 is 0 Å². The maximum atomic E-state index is 11.4. The summed E-state index contributed by atoms with van der Waals surface area (Å²) in [5, 5.41) is 3.46. The van der Waals surface area contributed by atoms with Crippen LogP contribution in [0, 0.1) is 5.92 Å². The lowest BCUT2D eigenvalue weighted by Gasteiger charge is -2.30. The molecule has 2 rings (SSSR count). The van der Waals surface area contributed by atoms with Crippen molar-refractivity contribution in [3.8, 4) is 0 Å². The molecule has 1 aromatic rings. The minimum absolute atomic E-state index is 0.138. The maximum Gasteiger partial charge on any atom is 0.159 e. The van der Waals surface area contributed by atoms with Gasteiger partial charge in [0.25, 0.3) is 0 Å². The zero-order chi connectivity index (χ0) is 13.0. The van der Waals surface area contributed by atoms with E-state index >= 15 is 0 Å². The van der Waals surface area contributed by atoms with E-state index in [1.54, 1.807) is 6.92 Å². The Morgan fingerprint density at radius 1 is 1.44 bits per heavy atom. The molecule has 1 heterocycles. The lowest BCUT2D eigenvalue weighted by Crippen LogP contribution is -2.38. The lowest BCUT2D eigenvalue weighted by atomic mass is 10.1. The van der Waals surface area contributed by atoms with Crippen LogP contribution in [-0.2, 0) is 0 Å². The molecular formula is C15H22N2O. The minimum atomic E-state index is 0.138. The van der Waals surface area contributed by atoms with Crippen molar-refractivity contribution >= 4 is 11.5 Å². The Morgan fingerprint density at radius 2 is 2.28 bits per heavy atom. The monoisotopic (exact) mass is 246 g/mol. The number of nitrogens with one attached hydrogen (secondary N) is 1. The van der Waals surface area contributed by atoms with Crippen molar-refractivity contribution in [2.75, 3.05) is 31.1 Å². The van der Waals surface area contributed by atoms with E-state index < -0.39 is 0 Å². The van der Waals surface area contributed by atoms with Crippen LogP contribution in [0.15, 0.2) is 24.3 Å². The molecule has 1 unspecified atom stereocenters. The van der Waals surface area contributed by atoms with E-state index in [0.29, 0.717) is 5.92 Å². The average molecular weight is 246 g/mol. The van der Waals surface area contributed by atoms with E-state index in [9.17, 15) is 4.79 Å². The number of nitrogens with zero attached hydrogens (tertiary/aromatic N) is 1. The fourth-order valence-corrected chi connectivity index (χ4v) is 2.43. The molecule has 1 N–H and O–H groups in total. The fraction of sp³-hybridized carbons (Fsp3) is 0.533. The molecule has 0 aliphatic carbocycles. The second-order valence-corrected chi connectivity index (χ2v) is 5.22. The van der Waals surface area contributed by atoms with Crippen LogP contribution in [0.1, 0.15) is 30.6 Å². The molecule has 98 valence electrons.